The van der Waals surface area contributed by atoms with E-state index in [2.05, 4.69) is 54.2 Å². The Hall–Kier alpha value is -3.01. The van der Waals surface area contributed by atoms with E-state index >= 15 is 0 Å². The van der Waals surface area contributed by atoms with Gasteiger partial charge in [0, 0.05) is 28.9 Å². The molecule has 0 amide bonds. The van der Waals surface area contributed by atoms with Gasteiger partial charge in [-0.1, -0.05) is 75.4 Å². The molecule has 0 saturated carbocycles. The first-order valence-corrected chi connectivity index (χ1v) is 9.07. The summed E-state index contributed by atoms with van der Waals surface area (Å²) in [5.74, 6) is -0.518. The SMILES string of the molecule is CC(Cc1ccc(-c2ncc(C3=CC=CC(C)(C)C=C3)cn2)cc1)C(=O)O. The van der Waals surface area contributed by atoms with Crippen LogP contribution in [0.1, 0.15) is 31.9 Å². The van der Waals surface area contributed by atoms with Gasteiger partial charge in [0.2, 0.25) is 0 Å². The molecule has 4 heteroatoms. The first kappa shape index (κ1) is 18.8. The van der Waals surface area contributed by atoms with Crippen molar-refractivity contribution in [3.63, 3.8) is 0 Å². The Morgan fingerprint density at radius 3 is 2.37 bits per heavy atom. The molecule has 1 aliphatic carbocycles. The number of benzene rings is 1. The average Bonchev–Trinajstić information content (AvgIpc) is 2.83. The van der Waals surface area contributed by atoms with Crippen molar-refractivity contribution in [2.75, 3.05) is 0 Å². The number of carboxylic acid groups (broad SMARTS) is 1. The molecule has 0 saturated heterocycles. The third-order valence-electron chi connectivity index (χ3n) is 4.65. The second-order valence-corrected chi connectivity index (χ2v) is 7.57. The molecule has 2 aromatic rings. The molecule has 1 heterocycles. The van der Waals surface area contributed by atoms with Gasteiger partial charge in [0.15, 0.2) is 5.82 Å². The van der Waals surface area contributed by atoms with Crippen LogP contribution < -0.4 is 0 Å². The molecule has 0 spiro atoms. The van der Waals surface area contributed by atoms with E-state index in [1.165, 1.54) is 0 Å². The number of allylic oxidation sites excluding steroid dienone is 6. The van der Waals surface area contributed by atoms with Crippen LogP contribution in [-0.4, -0.2) is 21.0 Å². The first-order chi connectivity index (χ1) is 12.8. The van der Waals surface area contributed by atoms with Gasteiger partial charge in [0.1, 0.15) is 0 Å². The number of aromatic nitrogens is 2. The monoisotopic (exact) mass is 360 g/mol. The summed E-state index contributed by atoms with van der Waals surface area (Å²) in [6.45, 7) is 6.04. The number of carbonyl (C=O) groups is 1. The predicted octanol–water partition coefficient (Wildman–Crippen LogP) is 4.94. The van der Waals surface area contributed by atoms with Crippen molar-refractivity contribution in [1.82, 2.24) is 9.97 Å². The van der Waals surface area contributed by atoms with Crippen molar-refractivity contribution in [3.8, 4) is 11.4 Å². The second-order valence-electron chi connectivity index (χ2n) is 7.57. The topological polar surface area (TPSA) is 63.1 Å². The van der Waals surface area contributed by atoms with Gasteiger partial charge in [0.25, 0.3) is 0 Å². The summed E-state index contributed by atoms with van der Waals surface area (Å²) in [7, 11) is 0. The molecule has 1 unspecified atom stereocenters. The highest BCUT2D eigenvalue weighted by Crippen LogP contribution is 2.26. The highest BCUT2D eigenvalue weighted by Gasteiger charge is 2.13. The van der Waals surface area contributed by atoms with Crippen LogP contribution in [0.5, 0.6) is 0 Å². The lowest BCUT2D eigenvalue weighted by molar-refractivity contribution is -0.141. The zero-order valence-electron chi connectivity index (χ0n) is 15.9. The molecule has 1 aromatic heterocycles. The zero-order chi connectivity index (χ0) is 19.4. The lowest BCUT2D eigenvalue weighted by atomic mass is 9.93. The van der Waals surface area contributed by atoms with E-state index < -0.39 is 11.9 Å². The fourth-order valence-electron chi connectivity index (χ4n) is 2.86. The summed E-state index contributed by atoms with van der Waals surface area (Å²) in [5.41, 5.74) is 4.01. The maximum absolute atomic E-state index is 11.0. The maximum Gasteiger partial charge on any atom is 0.306 e. The molecule has 1 N–H and O–H groups in total. The van der Waals surface area contributed by atoms with Crippen LogP contribution in [0.25, 0.3) is 17.0 Å². The van der Waals surface area contributed by atoms with E-state index in [1.807, 2.05) is 36.7 Å². The molecule has 1 aromatic carbocycles. The minimum atomic E-state index is -0.780. The molecule has 4 nitrogen and oxygen atoms in total. The molecule has 0 aliphatic heterocycles. The van der Waals surface area contributed by atoms with E-state index in [0.29, 0.717) is 12.2 Å². The summed E-state index contributed by atoms with van der Waals surface area (Å²) in [4.78, 5) is 20.0. The van der Waals surface area contributed by atoms with Crippen molar-refractivity contribution in [3.05, 3.63) is 78.2 Å². The first-order valence-electron chi connectivity index (χ1n) is 9.07. The molecule has 0 bridgehead atoms. The molecule has 0 radical (unpaired) electrons. The van der Waals surface area contributed by atoms with Crippen molar-refractivity contribution in [2.24, 2.45) is 11.3 Å². The average molecular weight is 360 g/mol. The molecular formula is C23H24N2O2. The van der Waals surface area contributed by atoms with Gasteiger partial charge in [-0.2, -0.15) is 0 Å². The van der Waals surface area contributed by atoms with Crippen LogP contribution in [0.15, 0.2) is 67.0 Å². The predicted molar refractivity (Wildman–Crippen MR) is 108 cm³/mol. The van der Waals surface area contributed by atoms with E-state index in [1.54, 1.807) is 6.92 Å². The van der Waals surface area contributed by atoms with Crippen molar-refractivity contribution >= 4 is 11.5 Å². The van der Waals surface area contributed by atoms with Crippen molar-refractivity contribution in [1.29, 1.82) is 0 Å². The fraction of sp³-hybridized carbons (Fsp3) is 0.261. The minimum absolute atomic E-state index is 0.0406. The molecular weight excluding hydrogens is 336 g/mol. The Labute approximate surface area is 160 Å². The number of hydrogen-bond acceptors (Lipinski definition) is 3. The quantitative estimate of drug-likeness (QED) is 0.820. The smallest absolute Gasteiger partial charge is 0.306 e. The molecule has 1 atom stereocenters. The Balaban J connectivity index is 1.75. The van der Waals surface area contributed by atoms with Gasteiger partial charge in [-0.05, 0) is 17.6 Å². The van der Waals surface area contributed by atoms with E-state index in [9.17, 15) is 4.79 Å². The van der Waals surface area contributed by atoms with Crippen molar-refractivity contribution < 1.29 is 9.90 Å². The Morgan fingerprint density at radius 2 is 1.74 bits per heavy atom. The van der Waals surface area contributed by atoms with Gasteiger partial charge in [-0.15, -0.1) is 0 Å². The highest BCUT2D eigenvalue weighted by molar-refractivity contribution is 5.75. The zero-order valence-corrected chi connectivity index (χ0v) is 15.9. The lowest BCUT2D eigenvalue weighted by Gasteiger charge is -2.12. The van der Waals surface area contributed by atoms with Crippen LogP contribution in [0.4, 0.5) is 0 Å². The number of aliphatic carboxylic acids is 1. The standard InChI is InChI=1S/C23H24N2O2/c1-16(22(26)27)13-17-6-8-19(9-7-17)21-24-14-20(15-25-21)18-5-4-11-23(2,3)12-10-18/h4-12,14-16H,13H2,1-3H3,(H,26,27). The van der Waals surface area contributed by atoms with Crippen LogP contribution in [0.2, 0.25) is 0 Å². The van der Waals surface area contributed by atoms with Crippen LogP contribution in [0, 0.1) is 11.3 Å². The lowest BCUT2D eigenvalue weighted by Crippen LogP contribution is -2.12. The second kappa shape index (κ2) is 7.70. The van der Waals surface area contributed by atoms with Crippen molar-refractivity contribution in [2.45, 2.75) is 27.2 Å². The third-order valence-corrected chi connectivity index (χ3v) is 4.65. The largest absolute Gasteiger partial charge is 0.481 e. The minimum Gasteiger partial charge on any atom is -0.481 e. The fourth-order valence-corrected chi connectivity index (χ4v) is 2.86. The molecule has 3 rings (SSSR count). The summed E-state index contributed by atoms with van der Waals surface area (Å²) in [6.07, 6.45) is 14.8. The van der Waals surface area contributed by atoms with Gasteiger partial charge < -0.3 is 5.11 Å². The number of hydrogen-bond donors (Lipinski definition) is 1. The maximum atomic E-state index is 11.0. The molecule has 27 heavy (non-hydrogen) atoms. The summed E-state index contributed by atoms with van der Waals surface area (Å²) in [6, 6.07) is 7.76. The van der Waals surface area contributed by atoms with Gasteiger partial charge in [-0.25, -0.2) is 9.97 Å². The summed E-state index contributed by atoms with van der Waals surface area (Å²) < 4.78 is 0. The summed E-state index contributed by atoms with van der Waals surface area (Å²) in [5, 5.41) is 9.02. The number of carboxylic acids is 1. The number of rotatable bonds is 5. The normalized spacial score (nSPS) is 16.5. The van der Waals surface area contributed by atoms with E-state index in [4.69, 9.17) is 5.11 Å². The Kier molecular flexibility index (Phi) is 5.36. The van der Waals surface area contributed by atoms with Crippen LogP contribution in [0.3, 0.4) is 0 Å². The van der Waals surface area contributed by atoms with Gasteiger partial charge >= 0.3 is 5.97 Å². The highest BCUT2D eigenvalue weighted by atomic mass is 16.4. The molecule has 138 valence electrons. The van der Waals surface area contributed by atoms with Crippen LogP contribution in [-0.2, 0) is 11.2 Å². The molecule has 0 fully saturated rings. The Morgan fingerprint density at radius 1 is 1.07 bits per heavy atom. The van der Waals surface area contributed by atoms with E-state index in [-0.39, 0.29) is 5.41 Å². The van der Waals surface area contributed by atoms with Crippen LogP contribution >= 0.6 is 0 Å². The molecule has 1 aliphatic rings. The summed E-state index contributed by atoms with van der Waals surface area (Å²) >= 11 is 0. The van der Waals surface area contributed by atoms with Gasteiger partial charge in [-0.3, -0.25) is 4.79 Å². The number of nitrogens with zero attached hydrogens (tertiary/aromatic N) is 2. The Bertz CT molecular complexity index is 904. The third kappa shape index (κ3) is 4.79. The van der Waals surface area contributed by atoms with E-state index in [0.717, 1.165) is 22.3 Å². The van der Waals surface area contributed by atoms with Gasteiger partial charge in [0.05, 0.1) is 5.92 Å².